The van der Waals surface area contributed by atoms with Crippen LogP contribution in [0.25, 0.3) is 4.85 Å². The summed E-state index contributed by atoms with van der Waals surface area (Å²) in [6, 6.07) is -0.321. The third-order valence-electron chi connectivity index (χ3n) is 1.78. The monoisotopic (exact) mass is 154 g/mol. The van der Waals surface area contributed by atoms with Crippen molar-refractivity contribution in [1.29, 1.82) is 0 Å². The standard InChI is InChI=1S/C7H10N2O2/c1-8-5-3-6(9-4-5)7(10)11-2/h5-6,9H,3-4H2,2H3/t5-,6+/m0/s1. The van der Waals surface area contributed by atoms with Gasteiger partial charge in [-0.05, 0) is 0 Å². The molecule has 0 bridgehead atoms. The minimum absolute atomic E-state index is 0.0564. The highest BCUT2D eigenvalue weighted by molar-refractivity contribution is 5.76. The summed E-state index contributed by atoms with van der Waals surface area (Å²) >= 11 is 0. The Bertz CT molecular complexity index is 197. The first kappa shape index (κ1) is 8.02. The first-order valence-electron chi connectivity index (χ1n) is 3.45. The van der Waals surface area contributed by atoms with Crippen molar-refractivity contribution in [2.45, 2.75) is 18.5 Å². The van der Waals surface area contributed by atoms with E-state index in [9.17, 15) is 4.79 Å². The topological polar surface area (TPSA) is 42.7 Å². The molecule has 0 aliphatic carbocycles. The summed E-state index contributed by atoms with van der Waals surface area (Å²) in [4.78, 5) is 14.2. The molecule has 1 fully saturated rings. The molecule has 1 heterocycles. The molecule has 1 saturated heterocycles. The number of methoxy groups -OCH3 is 1. The highest BCUT2D eigenvalue weighted by atomic mass is 16.5. The number of hydrogen-bond acceptors (Lipinski definition) is 3. The molecule has 1 aliphatic rings. The van der Waals surface area contributed by atoms with Crippen molar-refractivity contribution in [2.75, 3.05) is 13.7 Å². The van der Waals surface area contributed by atoms with Gasteiger partial charge in [0.05, 0.1) is 20.1 Å². The molecule has 1 aliphatic heterocycles. The van der Waals surface area contributed by atoms with Crippen LogP contribution in [0.15, 0.2) is 0 Å². The molecule has 60 valence electrons. The highest BCUT2D eigenvalue weighted by Crippen LogP contribution is 2.10. The van der Waals surface area contributed by atoms with E-state index in [0.717, 1.165) is 0 Å². The fraction of sp³-hybridized carbons (Fsp3) is 0.714. The molecule has 1 rings (SSSR count). The number of esters is 1. The van der Waals surface area contributed by atoms with Crippen LogP contribution >= 0.6 is 0 Å². The van der Waals surface area contributed by atoms with Crippen LogP contribution in [-0.4, -0.2) is 31.7 Å². The smallest absolute Gasteiger partial charge is 0.323 e. The van der Waals surface area contributed by atoms with Crippen LogP contribution in [0.5, 0.6) is 0 Å². The molecule has 1 N–H and O–H groups in total. The average Bonchev–Trinajstić information content (AvgIpc) is 2.50. The predicted molar refractivity (Wildman–Crippen MR) is 38.8 cm³/mol. The quantitative estimate of drug-likeness (QED) is 0.420. The maximum absolute atomic E-state index is 10.9. The lowest BCUT2D eigenvalue weighted by Crippen LogP contribution is -2.31. The molecule has 4 nitrogen and oxygen atoms in total. The fourth-order valence-corrected chi connectivity index (χ4v) is 1.14. The summed E-state index contributed by atoms with van der Waals surface area (Å²) in [5.41, 5.74) is 0. The summed E-state index contributed by atoms with van der Waals surface area (Å²) in [6.45, 7) is 7.32. The third kappa shape index (κ3) is 1.69. The molecule has 0 aromatic rings. The molecule has 0 radical (unpaired) electrons. The van der Waals surface area contributed by atoms with Crippen molar-refractivity contribution in [1.82, 2.24) is 5.32 Å². The van der Waals surface area contributed by atoms with Gasteiger partial charge in [0.1, 0.15) is 6.04 Å². The van der Waals surface area contributed by atoms with E-state index in [4.69, 9.17) is 6.57 Å². The van der Waals surface area contributed by atoms with Crippen LogP contribution < -0.4 is 5.32 Å². The van der Waals surface area contributed by atoms with Gasteiger partial charge in [0, 0.05) is 0 Å². The van der Waals surface area contributed by atoms with E-state index in [1.165, 1.54) is 7.11 Å². The van der Waals surface area contributed by atoms with Crippen molar-refractivity contribution in [2.24, 2.45) is 0 Å². The van der Waals surface area contributed by atoms with Gasteiger partial charge in [0.15, 0.2) is 0 Å². The molecule has 4 heteroatoms. The Hall–Kier alpha value is -1.08. The molecule has 0 unspecified atom stereocenters. The molecule has 0 saturated carbocycles. The maximum Gasteiger partial charge on any atom is 0.323 e. The predicted octanol–water partition coefficient (Wildman–Crippen LogP) is -0.191. The van der Waals surface area contributed by atoms with Crippen molar-refractivity contribution in [3.8, 4) is 0 Å². The van der Waals surface area contributed by atoms with Crippen molar-refractivity contribution >= 4 is 5.97 Å². The first-order chi connectivity index (χ1) is 5.27. The van der Waals surface area contributed by atoms with Crippen LogP contribution in [0.4, 0.5) is 0 Å². The molecular formula is C7H10N2O2. The molecule has 11 heavy (non-hydrogen) atoms. The second-order valence-electron chi connectivity index (χ2n) is 2.50. The summed E-state index contributed by atoms with van der Waals surface area (Å²) in [5, 5.41) is 2.92. The highest BCUT2D eigenvalue weighted by Gasteiger charge is 2.33. The van der Waals surface area contributed by atoms with Gasteiger partial charge in [-0.15, -0.1) is 0 Å². The summed E-state index contributed by atoms with van der Waals surface area (Å²) in [5.74, 6) is -0.267. The van der Waals surface area contributed by atoms with Crippen molar-refractivity contribution < 1.29 is 9.53 Å². The van der Waals surface area contributed by atoms with Crippen LogP contribution in [0.2, 0.25) is 0 Å². The number of carbonyl (C=O) groups excluding carboxylic acids is 1. The Labute approximate surface area is 65.4 Å². The van der Waals surface area contributed by atoms with E-state index in [0.29, 0.717) is 13.0 Å². The number of rotatable bonds is 1. The molecule has 0 spiro atoms. The number of nitrogens with one attached hydrogen (secondary N) is 1. The van der Waals surface area contributed by atoms with Gasteiger partial charge in [-0.1, -0.05) is 0 Å². The second kappa shape index (κ2) is 3.35. The van der Waals surface area contributed by atoms with Gasteiger partial charge in [-0.25, -0.2) is 6.57 Å². The van der Waals surface area contributed by atoms with Crippen LogP contribution in [0, 0.1) is 6.57 Å². The maximum atomic E-state index is 10.9. The Kier molecular flexibility index (Phi) is 2.44. The average molecular weight is 154 g/mol. The van der Waals surface area contributed by atoms with Gasteiger partial charge >= 0.3 is 5.97 Å². The molecule has 0 aromatic heterocycles. The number of nitrogens with zero attached hydrogens (tertiary/aromatic N) is 1. The minimum atomic E-state index is -0.267. The van der Waals surface area contributed by atoms with Gasteiger partial charge < -0.3 is 9.58 Å². The number of carbonyl (C=O) groups is 1. The fourth-order valence-electron chi connectivity index (χ4n) is 1.14. The van der Waals surface area contributed by atoms with E-state index in [-0.39, 0.29) is 18.1 Å². The minimum Gasteiger partial charge on any atom is -0.468 e. The Morgan fingerprint density at radius 2 is 2.55 bits per heavy atom. The lowest BCUT2D eigenvalue weighted by Gasteiger charge is -2.04. The number of ether oxygens (including phenoxy) is 1. The normalized spacial score (nSPS) is 29.5. The second-order valence-corrected chi connectivity index (χ2v) is 2.50. The van der Waals surface area contributed by atoms with E-state index in [1.54, 1.807) is 0 Å². The zero-order chi connectivity index (χ0) is 8.27. The van der Waals surface area contributed by atoms with Crippen LogP contribution in [0.1, 0.15) is 6.42 Å². The van der Waals surface area contributed by atoms with Crippen LogP contribution in [0.3, 0.4) is 0 Å². The Morgan fingerprint density at radius 3 is 3.00 bits per heavy atom. The summed E-state index contributed by atoms with van der Waals surface area (Å²) < 4.78 is 4.52. The zero-order valence-corrected chi connectivity index (χ0v) is 6.33. The Morgan fingerprint density at radius 1 is 1.82 bits per heavy atom. The van der Waals surface area contributed by atoms with Crippen molar-refractivity contribution in [3.05, 3.63) is 11.4 Å². The molecule has 2 atom stereocenters. The molecule has 0 amide bonds. The van der Waals surface area contributed by atoms with E-state index in [2.05, 4.69) is 14.9 Å². The van der Waals surface area contributed by atoms with Crippen molar-refractivity contribution in [3.63, 3.8) is 0 Å². The third-order valence-corrected chi connectivity index (χ3v) is 1.78. The largest absolute Gasteiger partial charge is 0.468 e. The molecule has 0 aromatic carbocycles. The summed E-state index contributed by atoms with van der Waals surface area (Å²) in [6.07, 6.45) is 0.580. The van der Waals surface area contributed by atoms with E-state index >= 15 is 0 Å². The van der Waals surface area contributed by atoms with E-state index in [1.807, 2.05) is 0 Å². The van der Waals surface area contributed by atoms with Crippen LogP contribution in [-0.2, 0) is 9.53 Å². The first-order valence-corrected chi connectivity index (χ1v) is 3.45. The lowest BCUT2D eigenvalue weighted by molar-refractivity contribution is -0.142. The van der Waals surface area contributed by atoms with Gasteiger partial charge in [0.25, 0.3) is 0 Å². The molecular weight excluding hydrogens is 144 g/mol. The van der Waals surface area contributed by atoms with Gasteiger partial charge in [-0.3, -0.25) is 10.1 Å². The Balaban J connectivity index is 2.43. The van der Waals surface area contributed by atoms with E-state index < -0.39 is 0 Å². The van der Waals surface area contributed by atoms with Gasteiger partial charge in [0.2, 0.25) is 6.04 Å². The zero-order valence-electron chi connectivity index (χ0n) is 6.33. The SMILES string of the molecule is [C-]#[N+][C@@H]1CN[C@@H](C(=O)OC)C1. The van der Waals surface area contributed by atoms with Gasteiger partial charge in [-0.2, -0.15) is 0 Å². The summed E-state index contributed by atoms with van der Waals surface area (Å²) in [7, 11) is 1.36. The lowest BCUT2D eigenvalue weighted by atomic mass is 10.2. The number of hydrogen-bond donors (Lipinski definition) is 1.